The number of benzene rings is 4. The minimum atomic E-state index is -0.208. The Morgan fingerprint density at radius 3 is 1.61 bits per heavy atom. The number of unbranched alkanes of at least 4 members (excludes halogenated alkanes) is 1. The van der Waals surface area contributed by atoms with Crippen LogP contribution >= 0.6 is 0 Å². The SMILES string of the molecule is NC(N)=NCCc1ccc(OCCCCC(c2ccccc2)(c2ccccc2)c2ccccc2)cc1. The minimum absolute atomic E-state index is 0.130. The summed E-state index contributed by atoms with van der Waals surface area (Å²) in [5.41, 5.74) is 15.7. The van der Waals surface area contributed by atoms with Crippen molar-refractivity contribution >= 4 is 5.96 Å². The molecule has 0 saturated carbocycles. The molecule has 4 aromatic rings. The Hall–Kier alpha value is -4.05. The molecule has 4 rings (SSSR count). The monoisotopic (exact) mass is 477 g/mol. The number of guanidine groups is 1. The lowest BCUT2D eigenvalue weighted by Crippen LogP contribution is -2.29. The maximum atomic E-state index is 6.07. The van der Waals surface area contributed by atoms with Crippen molar-refractivity contribution in [1.82, 2.24) is 0 Å². The normalized spacial score (nSPS) is 11.1. The number of hydrogen-bond donors (Lipinski definition) is 2. The van der Waals surface area contributed by atoms with Crippen molar-refractivity contribution in [3.05, 3.63) is 138 Å². The van der Waals surface area contributed by atoms with Crippen LogP contribution in [0.1, 0.15) is 41.5 Å². The second-order valence-corrected chi connectivity index (χ2v) is 9.01. The van der Waals surface area contributed by atoms with Gasteiger partial charge in [-0.3, -0.25) is 4.99 Å². The topological polar surface area (TPSA) is 73.6 Å². The van der Waals surface area contributed by atoms with E-state index >= 15 is 0 Å². The van der Waals surface area contributed by atoms with E-state index in [0.717, 1.165) is 31.4 Å². The molecule has 0 aliphatic heterocycles. The quantitative estimate of drug-likeness (QED) is 0.112. The Bertz CT molecular complexity index is 1110. The number of hydrogen-bond acceptors (Lipinski definition) is 2. The number of aliphatic imine (C=N–C) groups is 1. The molecule has 0 amide bonds. The Morgan fingerprint density at radius 1 is 0.639 bits per heavy atom. The molecule has 0 spiro atoms. The van der Waals surface area contributed by atoms with Crippen LogP contribution in [0.5, 0.6) is 5.75 Å². The number of rotatable bonds is 12. The third-order valence-corrected chi connectivity index (χ3v) is 6.63. The first kappa shape index (κ1) is 25.1. The van der Waals surface area contributed by atoms with E-state index in [-0.39, 0.29) is 11.4 Å². The first-order valence-electron chi connectivity index (χ1n) is 12.6. The van der Waals surface area contributed by atoms with Gasteiger partial charge in [0.05, 0.1) is 6.61 Å². The number of nitrogens with two attached hydrogens (primary N) is 2. The Morgan fingerprint density at radius 2 is 1.14 bits per heavy atom. The van der Waals surface area contributed by atoms with Crippen LogP contribution in [-0.4, -0.2) is 19.1 Å². The summed E-state index contributed by atoms with van der Waals surface area (Å²) in [6.45, 7) is 1.27. The molecule has 0 aliphatic rings. The van der Waals surface area contributed by atoms with Crippen LogP contribution in [-0.2, 0) is 11.8 Å². The van der Waals surface area contributed by atoms with Gasteiger partial charge in [-0.05, 0) is 60.1 Å². The second kappa shape index (κ2) is 12.6. The van der Waals surface area contributed by atoms with E-state index in [0.29, 0.717) is 13.2 Å². The molecule has 184 valence electrons. The fraction of sp³-hybridized carbons (Fsp3) is 0.219. The van der Waals surface area contributed by atoms with E-state index < -0.39 is 0 Å². The van der Waals surface area contributed by atoms with Crippen LogP contribution in [0.2, 0.25) is 0 Å². The molecule has 0 radical (unpaired) electrons. The van der Waals surface area contributed by atoms with E-state index in [4.69, 9.17) is 16.2 Å². The zero-order valence-electron chi connectivity index (χ0n) is 20.7. The molecule has 4 aromatic carbocycles. The van der Waals surface area contributed by atoms with Gasteiger partial charge < -0.3 is 16.2 Å². The van der Waals surface area contributed by atoms with Crippen LogP contribution in [0.15, 0.2) is 120 Å². The van der Waals surface area contributed by atoms with E-state index in [9.17, 15) is 0 Å². The van der Waals surface area contributed by atoms with Crippen LogP contribution in [0.4, 0.5) is 0 Å². The fourth-order valence-electron chi connectivity index (χ4n) is 4.85. The van der Waals surface area contributed by atoms with Crippen molar-refractivity contribution in [2.24, 2.45) is 16.5 Å². The van der Waals surface area contributed by atoms with Crippen molar-refractivity contribution in [3.8, 4) is 5.75 Å². The highest BCUT2D eigenvalue weighted by molar-refractivity contribution is 5.75. The second-order valence-electron chi connectivity index (χ2n) is 9.01. The summed E-state index contributed by atoms with van der Waals surface area (Å²) in [4.78, 5) is 4.04. The number of nitrogens with zero attached hydrogens (tertiary/aromatic N) is 1. The van der Waals surface area contributed by atoms with Gasteiger partial charge >= 0.3 is 0 Å². The molecule has 36 heavy (non-hydrogen) atoms. The molecule has 4 N–H and O–H groups in total. The molecule has 0 aliphatic carbocycles. The van der Waals surface area contributed by atoms with Crippen LogP contribution in [0.25, 0.3) is 0 Å². The molecule has 0 heterocycles. The van der Waals surface area contributed by atoms with Gasteiger partial charge in [0.15, 0.2) is 5.96 Å². The summed E-state index contributed by atoms with van der Waals surface area (Å²) >= 11 is 0. The molecular formula is C32H35N3O. The summed E-state index contributed by atoms with van der Waals surface area (Å²) in [5.74, 6) is 1.02. The highest BCUT2D eigenvalue weighted by atomic mass is 16.5. The summed E-state index contributed by atoms with van der Waals surface area (Å²) in [6, 6.07) is 40.8. The number of ether oxygens (including phenoxy) is 1. The van der Waals surface area contributed by atoms with Crippen molar-refractivity contribution in [2.45, 2.75) is 31.1 Å². The summed E-state index contributed by atoms with van der Waals surface area (Å²) < 4.78 is 6.07. The van der Waals surface area contributed by atoms with E-state index in [1.807, 2.05) is 12.1 Å². The Kier molecular flexibility index (Phi) is 8.77. The predicted octanol–water partition coefficient (Wildman–Crippen LogP) is 6.09. The van der Waals surface area contributed by atoms with Gasteiger partial charge in [0, 0.05) is 12.0 Å². The van der Waals surface area contributed by atoms with E-state index in [2.05, 4.69) is 108 Å². The van der Waals surface area contributed by atoms with Gasteiger partial charge in [-0.25, -0.2) is 0 Å². The first-order valence-corrected chi connectivity index (χ1v) is 12.6. The largest absolute Gasteiger partial charge is 0.494 e. The van der Waals surface area contributed by atoms with Gasteiger partial charge in [-0.15, -0.1) is 0 Å². The molecule has 0 bridgehead atoms. The molecule has 4 nitrogen and oxygen atoms in total. The Labute approximate surface area is 214 Å². The Balaban J connectivity index is 1.44. The maximum Gasteiger partial charge on any atom is 0.185 e. The molecule has 0 unspecified atom stereocenters. The lowest BCUT2D eigenvalue weighted by atomic mass is 9.66. The molecule has 0 aromatic heterocycles. The van der Waals surface area contributed by atoms with Gasteiger partial charge in [-0.2, -0.15) is 0 Å². The standard InChI is InChI=1S/C32H35N3O/c33-31(34)35-24-22-26-18-20-30(21-19-26)36-25-11-10-23-32(27-12-4-1-5-13-27,28-14-6-2-7-15-28)29-16-8-3-9-17-29/h1-9,12-21H,10-11,22-25H2,(H4,33,34,35). The zero-order valence-corrected chi connectivity index (χ0v) is 20.7. The fourth-order valence-corrected chi connectivity index (χ4v) is 4.85. The lowest BCUT2D eigenvalue weighted by molar-refractivity contribution is 0.301. The summed E-state index contributed by atoms with van der Waals surface area (Å²) in [6.07, 6.45) is 3.81. The van der Waals surface area contributed by atoms with Gasteiger partial charge in [0.2, 0.25) is 0 Å². The highest BCUT2D eigenvalue weighted by Crippen LogP contribution is 2.43. The van der Waals surface area contributed by atoms with Crippen LogP contribution in [0.3, 0.4) is 0 Å². The molecule has 0 saturated heterocycles. The van der Waals surface area contributed by atoms with Gasteiger partial charge in [-0.1, -0.05) is 103 Å². The average molecular weight is 478 g/mol. The van der Waals surface area contributed by atoms with E-state index in [1.54, 1.807) is 0 Å². The predicted molar refractivity (Wildman–Crippen MR) is 149 cm³/mol. The molecule has 4 heteroatoms. The summed E-state index contributed by atoms with van der Waals surface area (Å²) in [7, 11) is 0. The summed E-state index contributed by atoms with van der Waals surface area (Å²) in [5, 5.41) is 0. The smallest absolute Gasteiger partial charge is 0.185 e. The lowest BCUT2D eigenvalue weighted by Gasteiger charge is -2.36. The third-order valence-electron chi connectivity index (χ3n) is 6.63. The van der Waals surface area contributed by atoms with Crippen LogP contribution in [0, 0.1) is 0 Å². The third kappa shape index (κ3) is 6.33. The maximum absolute atomic E-state index is 6.07. The van der Waals surface area contributed by atoms with Gasteiger partial charge in [0.1, 0.15) is 5.75 Å². The van der Waals surface area contributed by atoms with Crippen LogP contribution < -0.4 is 16.2 Å². The minimum Gasteiger partial charge on any atom is -0.494 e. The van der Waals surface area contributed by atoms with Crippen molar-refractivity contribution < 1.29 is 4.74 Å². The van der Waals surface area contributed by atoms with Gasteiger partial charge in [0.25, 0.3) is 0 Å². The van der Waals surface area contributed by atoms with E-state index in [1.165, 1.54) is 22.3 Å². The molecule has 0 atom stereocenters. The zero-order chi connectivity index (χ0) is 25.1. The molecular weight excluding hydrogens is 442 g/mol. The average Bonchev–Trinajstić information content (AvgIpc) is 2.93. The van der Waals surface area contributed by atoms with Crippen molar-refractivity contribution in [2.75, 3.05) is 13.2 Å². The van der Waals surface area contributed by atoms with Crippen molar-refractivity contribution in [3.63, 3.8) is 0 Å². The molecule has 0 fully saturated rings. The highest BCUT2D eigenvalue weighted by Gasteiger charge is 2.35. The van der Waals surface area contributed by atoms with Crippen molar-refractivity contribution in [1.29, 1.82) is 0 Å². The first-order chi connectivity index (χ1) is 17.7.